The van der Waals surface area contributed by atoms with E-state index in [1.807, 2.05) is 0 Å². The van der Waals surface area contributed by atoms with Crippen molar-refractivity contribution in [2.45, 2.75) is 39.2 Å². The van der Waals surface area contributed by atoms with Gasteiger partial charge in [-0.3, -0.25) is 0 Å². The van der Waals surface area contributed by atoms with Crippen LogP contribution >= 0.6 is 0 Å². The van der Waals surface area contributed by atoms with Gasteiger partial charge in [0.15, 0.2) is 0 Å². The molecule has 1 heterocycles. The highest BCUT2D eigenvalue weighted by molar-refractivity contribution is 5.37. The van der Waals surface area contributed by atoms with Crippen LogP contribution in [0.4, 0.5) is 0 Å². The largest absolute Gasteiger partial charge is 0.381 e. The Hall–Kier alpha value is -0.860. The second-order valence-corrected chi connectivity index (χ2v) is 6.79. The minimum atomic E-state index is 0.319. The summed E-state index contributed by atoms with van der Waals surface area (Å²) in [5.74, 6) is 0.692. The molecule has 1 aliphatic carbocycles. The molecule has 19 heavy (non-hydrogen) atoms. The molecule has 1 N–H and O–H groups in total. The molecule has 1 aliphatic heterocycles. The van der Waals surface area contributed by atoms with E-state index in [1.54, 1.807) is 0 Å². The molecular weight excluding hydrogens is 234 g/mol. The van der Waals surface area contributed by atoms with E-state index in [9.17, 15) is 0 Å². The lowest BCUT2D eigenvalue weighted by Crippen LogP contribution is -2.36. The molecule has 1 aromatic rings. The lowest BCUT2D eigenvalue weighted by atomic mass is 9.85. The zero-order chi connectivity index (χ0) is 13.3. The molecule has 3 rings (SSSR count). The van der Waals surface area contributed by atoms with Crippen molar-refractivity contribution >= 4 is 0 Å². The van der Waals surface area contributed by atoms with Crippen molar-refractivity contribution in [1.29, 1.82) is 0 Å². The second kappa shape index (κ2) is 5.26. The molecule has 2 heteroatoms. The lowest BCUT2D eigenvalue weighted by Gasteiger charge is -2.31. The van der Waals surface area contributed by atoms with Crippen LogP contribution in [0.15, 0.2) is 24.3 Å². The van der Waals surface area contributed by atoms with Crippen LogP contribution in [0.1, 0.15) is 43.9 Å². The fraction of sp³-hybridized carbons (Fsp3) is 0.647. The number of hydrogen-bond donors (Lipinski definition) is 1. The number of benzene rings is 1. The van der Waals surface area contributed by atoms with Gasteiger partial charge in [0.2, 0.25) is 0 Å². The van der Waals surface area contributed by atoms with E-state index < -0.39 is 0 Å². The summed E-state index contributed by atoms with van der Waals surface area (Å²) in [4.78, 5) is 0. The Morgan fingerprint density at radius 3 is 2.95 bits per heavy atom. The monoisotopic (exact) mass is 259 g/mol. The highest BCUT2D eigenvalue weighted by Gasteiger charge is 2.38. The summed E-state index contributed by atoms with van der Waals surface area (Å²) < 4.78 is 5.58. The summed E-state index contributed by atoms with van der Waals surface area (Å²) >= 11 is 0. The van der Waals surface area contributed by atoms with E-state index in [0.717, 1.165) is 19.8 Å². The Labute approximate surface area is 116 Å². The van der Waals surface area contributed by atoms with E-state index in [4.69, 9.17) is 4.74 Å². The third kappa shape index (κ3) is 2.70. The van der Waals surface area contributed by atoms with Crippen molar-refractivity contribution in [1.82, 2.24) is 5.32 Å². The van der Waals surface area contributed by atoms with Gasteiger partial charge < -0.3 is 10.1 Å². The smallest absolute Gasteiger partial charge is 0.0506 e. The number of hydrogen-bond acceptors (Lipinski definition) is 2. The van der Waals surface area contributed by atoms with Crippen LogP contribution in [0.3, 0.4) is 0 Å². The average molecular weight is 259 g/mol. The van der Waals surface area contributed by atoms with Crippen LogP contribution in [0.5, 0.6) is 0 Å². The highest BCUT2D eigenvalue weighted by Crippen LogP contribution is 2.45. The normalized spacial score (nSPS) is 29.2. The van der Waals surface area contributed by atoms with Gasteiger partial charge in [-0.05, 0) is 41.7 Å². The first-order chi connectivity index (χ1) is 9.17. The van der Waals surface area contributed by atoms with Crippen LogP contribution in [0.2, 0.25) is 0 Å². The van der Waals surface area contributed by atoms with Crippen molar-refractivity contribution in [2.75, 3.05) is 19.8 Å². The topological polar surface area (TPSA) is 21.3 Å². The van der Waals surface area contributed by atoms with Gasteiger partial charge in [0.25, 0.3) is 0 Å². The molecule has 2 atom stereocenters. The maximum absolute atomic E-state index is 5.58. The van der Waals surface area contributed by atoms with Gasteiger partial charge in [0.1, 0.15) is 0 Å². The first kappa shape index (κ1) is 13.1. The molecule has 2 nitrogen and oxygen atoms in total. The van der Waals surface area contributed by atoms with Crippen molar-refractivity contribution in [2.24, 2.45) is 11.3 Å². The molecule has 0 amide bonds. The number of ether oxygens (including phenoxy) is 1. The van der Waals surface area contributed by atoms with Crippen molar-refractivity contribution < 1.29 is 4.74 Å². The molecule has 0 saturated carbocycles. The Kier molecular flexibility index (Phi) is 3.64. The molecule has 0 radical (unpaired) electrons. The number of rotatable bonds is 3. The Morgan fingerprint density at radius 1 is 1.32 bits per heavy atom. The molecule has 1 aromatic carbocycles. The summed E-state index contributed by atoms with van der Waals surface area (Å²) in [5, 5.41) is 3.82. The predicted molar refractivity (Wildman–Crippen MR) is 78.2 cm³/mol. The third-order valence-electron chi connectivity index (χ3n) is 4.66. The van der Waals surface area contributed by atoms with E-state index >= 15 is 0 Å². The van der Waals surface area contributed by atoms with E-state index in [1.165, 1.54) is 30.4 Å². The summed E-state index contributed by atoms with van der Waals surface area (Å²) in [6, 6.07) is 9.39. The van der Waals surface area contributed by atoms with Gasteiger partial charge in [-0.25, -0.2) is 0 Å². The Bertz CT molecular complexity index is 435. The van der Waals surface area contributed by atoms with Gasteiger partial charge in [-0.15, -0.1) is 0 Å². The van der Waals surface area contributed by atoms with Crippen molar-refractivity contribution in [3.8, 4) is 0 Å². The molecule has 2 aliphatic rings. The second-order valence-electron chi connectivity index (χ2n) is 6.79. The maximum Gasteiger partial charge on any atom is 0.0506 e. The molecule has 1 fully saturated rings. The number of fused-ring (bicyclic) bond motifs is 1. The van der Waals surface area contributed by atoms with Crippen molar-refractivity contribution in [3.63, 3.8) is 0 Å². The maximum atomic E-state index is 5.58. The molecule has 0 spiro atoms. The molecule has 2 unspecified atom stereocenters. The molecule has 0 bridgehead atoms. The molecule has 1 saturated heterocycles. The molecule has 104 valence electrons. The van der Waals surface area contributed by atoms with E-state index in [2.05, 4.69) is 43.4 Å². The van der Waals surface area contributed by atoms with Crippen molar-refractivity contribution in [3.05, 3.63) is 35.4 Å². The fourth-order valence-corrected chi connectivity index (χ4v) is 3.63. The first-order valence-electron chi connectivity index (χ1n) is 7.56. The third-order valence-corrected chi connectivity index (χ3v) is 4.66. The first-order valence-corrected chi connectivity index (χ1v) is 7.56. The van der Waals surface area contributed by atoms with Crippen LogP contribution < -0.4 is 5.32 Å². The number of nitrogens with one attached hydrogen (secondary N) is 1. The van der Waals surface area contributed by atoms with Crippen LogP contribution in [-0.2, 0) is 11.2 Å². The minimum absolute atomic E-state index is 0.319. The van der Waals surface area contributed by atoms with Gasteiger partial charge in [-0.2, -0.15) is 0 Å². The summed E-state index contributed by atoms with van der Waals surface area (Å²) in [6.45, 7) is 7.72. The quantitative estimate of drug-likeness (QED) is 0.899. The Balaban J connectivity index is 1.68. The zero-order valence-electron chi connectivity index (χ0n) is 12.1. The van der Waals surface area contributed by atoms with Crippen LogP contribution in [0.25, 0.3) is 0 Å². The summed E-state index contributed by atoms with van der Waals surface area (Å²) in [6.07, 6.45) is 3.71. The lowest BCUT2D eigenvalue weighted by molar-refractivity contribution is 0.0519. The van der Waals surface area contributed by atoms with E-state index in [-0.39, 0.29) is 0 Å². The molecular formula is C17H25NO. The van der Waals surface area contributed by atoms with Gasteiger partial charge in [0, 0.05) is 19.2 Å². The summed E-state index contributed by atoms with van der Waals surface area (Å²) in [5.41, 5.74) is 3.34. The standard InChI is InChI=1S/C17H25NO/c1-17(2)10-14-7-3-4-8-15(14)16(17)18-11-13-6-5-9-19-12-13/h3-4,7-8,13,16,18H,5-6,9-12H2,1-2H3. The Morgan fingerprint density at radius 2 is 2.16 bits per heavy atom. The average Bonchev–Trinajstić information content (AvgIpc) is 2.67. The highest BCUT2D eigenvalue weighted by atomic mass is 16.5. The van der Waals surface area contributed by atoms with Crippen LogP contribution in [-0.4, -0.2) is 19.8 Å². The van der Waals surface area contributed by atoms with Crippen LogP contribution in [0, 0.1) is 11.3 Å². The van der Waals surface area contributed by atoms with Gasteiger partial charge >= 0.3 is 0 Å². The minimum Gasteiger partial charge on any atom is -0.381 e. The van der Waals surface area contributed by atoms with Gasteiger partial charge in [-0.1, -0.05) is 38.1 Å². The SMILES string of the molecule is CC1(C)Cc2ccccc2C1NCC1CCCOC1. The fourth-order valence-electron chi connectivity index (χ4n) is 3.63. The summed E-state index contributed by atoms with van der Waals surface area (Å²) in [7, 11) is 0. The zero-order valence-corrected chi connectivity index (χ0v) is 12.1. The predicted octanol–water partition coefficient (Wildman–Crippen LogP) is 3.33. The molecule has 0 aromatic heterocycles. The van der Waals surface area contributed by atoms with Gasteiger partial charge in [0.05, 0.1) is 6.61 Å². The van der Waals surface area contributed by atoms with E-state index in [0.29, 0.717) is 17.4 Å².